The first kappa shape index (κ1) is 15.0. The van der Waals surface area contributed by atoms with Crippen molar-refractivity contribution in [2.75, 3.05) is 20.5 Å². The largest absolute Gasteiger partial charge is 0.496 e. The molecule has 0 aromatic heterocycles. The summed E-state index contributed by atoms with van der Waals surface area (Å²) in [7, 11) is 2.32. The Kier molecular flexibility index (Phi) is 5.62. The normalized spacial score (nSPS) is 14.1. The molecular weight excluding hydrogens is 250 g/mol. The smallest absolute Gasteiger partial charge is 0.123 e. The molecule has 102 valence electrons. The lowest BCUT2D eigenvalue weighted by atomic mass is 10.0. The summed E-state index contributed by atoms with van der Waals surface area (Å²) in [6.45, 7) is 1.95. The molecule has 2 atom stereocenters. The summed E-state index contributed by atoms with van der Waals surface area (Å²) in [4.78, 5) is 0. The summed E-state index contributed by atoms with van der Waals surface area (Å²) in [6, 6.07) is 3.86. The average Bonchev–Trinajstić information content (AvgIpc) is 2.29. The molecule has 5 heteroatoms. The van der Waals surface area contributed by atoms with Crippen molar-refractivity contribution in [2.45, 2.75) is 25.1 Å². The van der Waals surface area contributed by atoms with Gasteiger partial charge in [-0.05, 0) is 31.0 Å². The monoisotopic (exact) mass is 271 g/mol. The Morgan fingerprint density at radius 3 is 2.17 bits per heavy atom. The second-order valence-corrected chi connectivity index (χ2v) is 5.81. The van der Waals surface area contributed by atoms with Crippen molar-refractivity contribution in [3.8, 4) is 11.5 Å². The highest BCUT2D eigenvalue weighted by Crippen LogP contribution is 2.30. The molecule has 4 nitrogen and oxygen atoms in total. The molecule has 0 aliphatic rings. The number of methoxy groups -OCH3 is 2. The standard InChI is InChI=1S/C13H21NO3S/c1-9(14)5-10-6-13(17-3)11(8-18(4)15)7-12(10)16-2/h6-7,9H,5,8,14H2,1-4H3. The van der Waals surface area contributed by atoms with Crippen LogP contribution in [0.3, 0.4) is 0 Å². The van der Waals surface area contributed by atoms with E-state index in [4.69, 9.17) is 15.2 Å². The van der Waals surface area contributed by atoms with Gasteiger partial charge in [-0.3, -0.25) is 4.21 Å². The first-order valence-electron chi connectivity index (χ1n) is 5.77. The molecule has 18 heavy (non-hydrogen) atoms. The number of hydrogen-bond acceptors (Lipinski definition) is 4. The van der Waals surface area contributed by atoms with Crippen molar-refractivity contribution in [3.05, 3.63) is 23.3 Å². The Morgan fingerprint density at radius 2 is 1.72 bits per heavy atom. The van der Waals surface area contributed by atoms with Gasteiger partial charge in [-0.2, -0.15) is 0 Å². The first-order chi connectivity index (χ1) is 8.47. The van der Waals surface area contributed by atoms with Gasteiger partial charge in [0.15, 0.2) is 0 Å². The van der Waals surface area contributed by atoms with Gasteiger partial charge >= 0.3 is 0 Å². The van der Waals surface area contributed by atoms with Crippen molar-refractivity contribution in [1.82, 2.24) is 0 Å². The van der Waals surface area contributed by atoms with E-state index in [0.29, 0.717) is 5.75 Å². The SMILES string of the molecule is COc1cc(CS(C)=O)c(OC)cc1CC(C)N. The van der Waals surface area contributed by atoms with Gasteiger partial charge < -0.3 is 15.2 Å². The van der Waals surface area contributed by atoms with Crippen molar-refractivity contribution in [2.24, 2.45) is 5.73 Å². The maximum Gasteiger partial charge on any atom is 0.123 e. The van der Waals surface area contributed by atoms with Crippen LogP contribution in [0.1, 0.15) is 18.1 Å². The average molecular weight is 271 g/mol. The van der Waals surface area contributed by atoms with Crippen LogP contribution in [0, 0.1) is 0 Å². The lowest BCUT2D eigenvalue weighted by Gasteiger charge is -2.15. The van der Waals surface area contributed by atoms with Crippen LogP contribution in [-0.4, -0.2) is 30.7 Å². The molecule has 0 aliphatic heterocycles. The Hall–Kier alpha value is -1.07. The Morgan fingerprint density at radius 1 is 1.22 bits per heavy atom. The van der Waals surface area contributed by atoms with Crippen LogP contribution in [-0.2, 0) is 23.0 Å². The minimum Gasteiger partial charge on any atom is -0.496 e. The Balaban J connectivity index is 3.18. The zero-order chi connectivity index (χ0) is 13.7. The molecule has 0 spiro atoms. The molecule has 0 heterocycles. The lowest BCUT2D eigenvalue weighted by Crippen LogP contribution is -2.18. The quantitative estimate of drug-likeness (QED) is 0.851. The van der Waals surface area contributed by atoms with Crippen LogP contribution in [0.15, 0.2) is 12.1 Å². The van der Waals surface area contributed by atoms with Gasteiger partial charge in [-0.1, -0.05) is 0 Å². The lowest BCUT2D eigenvalue weighted by molar-refractivity contribution is 0.395. The highest BCUT2D eigenvalue weighted by molar-refractivity contribution is 7.83. The minimum absolute atomic E-state index is 0.0507. The van der Waals surface area contributed by atoms with Gasteiger partial charge in [0.2, 0.25) is 0 Å². The minimum atomic E-state index is -0.916. The summed E-state index contributed by atoms with van der Waals surface area (Å²) in [5, 5.41) is 0. The van der Waals surface area contributed by atoms with Gasteiger partial charge in [0.25, 0.3) is 0 Å². The fourth-order valence-electron chi connectivity index (χ4n) is 1.86. The topological polar surface area (TPSA) is 61.5 Å². The number of nitrogens with two attached hydrogens (primary N) is 1. The highest BCUT2D eigenvalue weighted by Gasteiger charge is 2.13. The molecule has 1 aromatic carbocycles. The van der Waals surface area contributed by atoms with Crippen LogP contribution < -0.4 is 15.2 Å². The van der Waals surface area contributed by atoms with Gasteiger partial charge in [-0.25, -0.2) is 0 Å². The zero-order valence-corrected chi connectivity index (χ0v) is 12.2. The molecule has 2 N–H and O–H groups in total. The van der Waals surface area contributed by atoms with Crippen LogP contribution in [0.4, 0.5) is 0 Å². The van der Waals surface area contributed by atoms with E-state index >= 15 is 0 Å². The third kappa shape index (κ3) is 3.99. The second kappa shape index (κ2) is 6.75. The summed E-state index contributed by atoms with van der Waals surface area (Å²) >= 11 is 0. The van der Waals surface area contributed by atoms with E-state index < -0.39 is 10.8 Å². The van der Waals surface area contributed by atoms with E-state index in [9.17, 15) is 4.21 Å². The number of hydrogen-bond donors (Lipinski definition) is 1. The second-order valence-electron chi connectivity index (χ2n) is 4.37. The zero-order valence-electron chi connectivity index (χ0n) is 11.4. The fourth-order valence-corrected chi connectivity index (χ4v) is 2.53. The van der Waals surface area contributed by atoms with Crippen molar-refractivity contribution < 1.29 is 13.7 Å². The summed E-state index contributed by atoms with van der Waals surface area (Å²) in [5.74, 6) is 1.97. The molecule has 0 fully saturated rings. The van der Waals surface area contributed by atoms with Gasteiger partial charge in [0, 0.05) is 28.7 Å². The van der Waals surface area contributed by atoms with Crippen molar-refractivity contribution >= 4 is 10.8 Å². The molecule has 0 aliphatic carbocycles. The molecule has 2 unspecified atom stereocenters. The van der Waals surface area contributed by atoms with E-state index in [-0.39, 0.29) is 6.04 Å². The van der Waals surface area contributed by atoms with E-state index in [1.54, 1.807) is 20.5 Å². The Labute approximate surface area is 111 Å². The third-order valence-electron chi connectivity index (χ3n) is 2.58. The van der Waals surface area contributed by atoms with Crippen LogP contribution in [0.25, 0.3) is 0 Å². The molecule has 0 radical (unpaired) electrons. The summed E-state index contributed by atoms with van der Waals surface area (Å²) in [5.41, 5.74) is 7.71. The maximum atomic E-state index is 11.3. The molecule has 1 rings (SSSR count). The van der Waals surface area contributed by atoms with Crippen LogP contribution in [0.5, 0.6) is 11.5 Å². The first-order valence-corrected chi connectivity index (χ1v) is 7.50. The number of ether oxygens (including phenoxy) is 2. The molecular formula is C13H21NO3S. The molecule has 0 saturated heterocycles. The molecule has 0 bridgehead atoms. The molecule has 0 amide bonds. The van der Waals surface area contributed by atoms with E-state index in [0.717, 1.165) is 29.0 Å². The number of rotatable bonds is 6. The maximum absolute atomic E-state index is 11.3. The highest BCUT2D eigenvalue weighted by atomic mass is 32.2. The summed E-state index contributed by atoms with van der Waals surface area (Å²) in [6.07, 6.45) is 2.39. The van der Waals surface area contributed by atoms with Crippen LogP contribution >= 0.6 is 0 Å². The van der Waals surface area contributed by atoms with Gasteiger partial charge in [0.05, 0.1) is 20.0 Å². The third-order valence-corrected chi connectivity index (χ3v) is 3.30. The Bertz CT molecular complexity index is 432. The number of benzene rings is 1. The van der Waals surface area contributed by atoms with Gasteiger partial charge in [-0.15, -0.1) is 0 Å². The van der Waals surface area contributed by atoms with Crippen LogP contribution in [0.2, 0.25) is 0 Å². The molecule has 0 saturated carbocycles. The predicted molar refractivity (Wildman–Crippen MR) is 74.7 cm³/mol. The van der Waals surface area contributed by atoms with Crippen molar-refractivity contribution in [1.29, 1.82) is 0 Å². The van der Waals surface area contributed by atoms with Crippen molar-refractivity contribution in [3.63, 3.8) is 0 Å². The molecule has 1 aromatic rings. The predicted octanol–water partition coefficient (Wildman–Crippen LogP) is 1.47. The summed E-state index contributed by atoms with van der Waals surface area (Å²) < 4.78 is 22.0. The fraction of sp³-hybridized carbons (Fsp3) is 0.538. The van der Waals surface area contributed by atoms with Gasteiger partial charge in [0.1, 0.15) is 11.5 Å². The van der Waals surface area contributed by atoms with E-state index in [2.05, 4.69) is 0 Å². The van der Waals surface area contributed by atoms with E-state index in [1.165, 1.54) is 0 Å². The van der Waals surface area contributed by atoms with E-state index in [1.807, 2.05) is 19.1 Å².